The van der Waals surface area contributed by atoms with Crippen molar-refractivity contribution in [3.8, 4) is 0 Å². The lowest BCUT2D eigenvalue weighted by molar-refractivity contribution is 0.0730. The number of Topliss-reactive ketones (excluding diaryl/α,β-unsaturated/α-hetero) is 1. The molecule has 1 aromatic heterocycles. The van der Waals surface area contributed by atoms with Crippen LogP contribution in [0.4, 0.5) is 0 Å². The minimum Gasteiger partial charge on any atom is -0.379 e. The summed E-state index contributed by atoms with van der Waals surface area (Å²) < 4.78 is 31.6. The smallest absolute Gasteiger partial charge is 0.244 e. The van der Waals surface area contributed by atoms with Gasteiger partial charge in [0, 0.05) is 24.8 Å². The Morgan fingerprint density at radius 3 is 2.48 bits per heavy atom. The number of thioether (sulfide) groups is 1. The standard InChI is InChI=1S/C17H18N2O4S2/c20-16(14-4-2-1-3-5-14)13-24-17-7-6-15(12-18-17)25(21,22)19-8-10-23-11-9-19/h1-7,12H,8-11,13H2. The number of sulfonamides is 1. The van der Waals surface area contributed by atoms with Gasteiger partial charge in [0.15, 0.2) is 5.78 Å². The second-order valence-corrected chi connectivity index (χ2v) is 8.36. The molecule has 3 rings (SSSR count). The number of ketones is 1. The molecule has 2 aromatic rings. The van der Waals surface area contributed by atoms with Gasteiger partial charge in [0.2, 0.25) is 10.0 Å². The van der Waals surface area contributed by atoms with Gasteiger partial charge in [-0.3, -0.25) is 4.79 Å². The number of benzene rings is 1. The third-order valence-electron chi connectivity index (χ3n) is 3.76. The van der Waals surface area contributed by atoms with Gasteiger partial charge in [0.05, 0.1) is 24.0 Å². The maximum Gasteiger partial charge on any atom is 0.244 e. The van der Waals surface area contributed by atoms with Gasteiger partial charge in [0.25, 0.3) is 0 Å². The van der Waals surface area contributed by atoms with Crippen molar-refractivity contribution in [2.24, 2.45) is 0 Å². The van der Waals surface area contributed by atoms with Crippen molar-refractivity contribution in [1.29, 1.82) is 0 Å². The van der Waals surface area contributed by atoms with Crippen LogP contribution in [0, 0.1) is 0 Å². The van der Waals surface area contributed by atoms with Crippen molar-refractivity contribution in [1.82, 2.24) is 9.29 Å². The lowest BCUT2D eigenvalue weighted by atomic mass is 10.2. The molecule has 0 atom stereocenters. The van der Waals surface area contributed by atoms with Crippen LogP contribution in [-0.2, 0) is 14.8 Å². The van der Waals surface area contributed by atoms with Crippen molar-refractivity contribution >= 4 is 27.6 Å². The largest absolute Gasteiger partial charge is 0.379 e. The van der Waals surface area contributed by atoms with E-state index in [2.05, 4.69) is 4.98 Å². The van der Waals surface area contributed by atoms with Gasteiger partial charge >= 0.3 is 0 Å². The van der Waals surface area contributed by atoms with Crippen molar-refractivity contribution in [2.45, 2.75) is 9.92 Å². The average Bonchev–Trinajstić information content (AvgIpc) is 2.68. The third-order valence-corrected chi connectivity index (χ3v) is 6.59. The number of morpholine rings is 1. The van der Waals surface area contributed by atoms with E-state index in [1.54, 1.807) is 18.2 Å². The second kappa shape index (κ2) is 8.09. The summed E-state index contributed by atoms with van der Waals surface area (Å²) in [5, 5.41) is 0.616. The van der Waals surface area contributed by atoms with E-state index in [4.69, 9.17) is 4.74 Å². The molecule has 6 nitrogen and oxygen atoms in total. The fraction of sp³-hybridized carbons (Fsp3) is 0.294. The molecule has 1 aliphatic heterocycles. The maximum atomic E-state index is 12.5. The predicted octanol–water partition coefficient (Wildman–Crippen LogP) is 2.08. The fourth-order valence-corrected chi connectivity index (χ4v) is 4.48. The summed E-state index contributed by atoms with van der Waals surface area (Å²) in [6.45, 7) is 1.51. The van der Waals surface area contributed by atoms with E-state index in [1.807, 2.05) is 18.2 Å². The maximum absolute atomic E-state index is 12.5. The summed E-state index contributed by atoms with van der Waals surface area (Å²) in [5.41, 5.74) is 0.654. The number of aromatic nitrogens is 1. The summed E-state index contributed by atoms with van der Waals surface area (Å²) in [6.07, 6.45) is 1.35. The molecule has 0 bridgehead atoms. The molecule has 0 radical (unpaired) electrons. The van der Waals surface area contributed by atoms with E-state index in [-0.39, 0.29) is 16.4 Å². The van der Waals surface area contributed by atoms with E-state index in [1.165, 1.54) is 28.3 Å². The lowest BCUT2D eigenvalue weighted by Gasteiger charge is -2.25. The van der Waals surface area contributed by atoms with Crippen LogP contribution in [0.3, 0.4) is 0 Å². The molecule has 0 spiro atoms. The molecule has 1 aromatic carbocycles. The number of ether oxygens (including phenoxy) is 1. The molecule has 2 heterocycles. The quantitative estimate of drug-likeness (QED) is 0.566. The van der Waals surface area contributed by atoms with Crippen LogP contribution in [0.5, 0.6) is 0 Å². The fourth-order valence-electron chi connectivity index (χ4n) is 2.39. The Hall–Kier alpha value is -1.74. The monoisotopic (exact) mass is 378 g/mol. The van der Waals surface area contributed by atoms with Crippen LogP contribution < -0.4 is 0 Å². The zero-order valence-electron chi connectivity index (χ0n) is 13.5. The molecule has 25 heavy (non-hydrogen) atoms. The highest BCUT2D eigenvalue weighted by Gasteiger charge is 2.26. The number of hydrogen-bond donors (Lipinski definition) is 0. The predicted molar refractivity (Wildman–Crippen MR) is 95.3 cm³/mol. The first kappa shape index (κ1) is 18.1. The lowest BCUT2D eigenvalue weighted by Crippen LogP contribution is -2.40. The van der Waals surface area contributed by atoms with Gasteiger partial charge in [-0.15, -0.1) is 0 Å². The molecule has 0 aliphatic carbocycles. The number of nitrogens with zero attached hydrogens (tertiary/aromatic N) is 2. The first-order chi connectivity index (χ1) is 12.1. The molecule has 132 valence electrons. The Bertz CT molecular complexity index is 817. The first-order valence-electron chi connectivity index (χ1n) is 7.82. The number of carbonyl (C=O) groups excluding carboxylic acids is 1. The minimum absolute atomic E-state index is 0.0115. The van der Waals surface area contributed by atoms with Gasteiger partial charge in [0.1, 0.15) is 4.90 Å². The first-order valence-corrected chi connectivity index (χ1v) is 10.2. The van der Waals surface area contributed by atoms with Crippen molar-refractivity contribution < 1.29 is 17.9 Å². The topological polar surface area (TPSA) is 76.6 Å². The summed E-state index contributed by atoms with van der Waals surface area (Å²) >= 11 is 1.29. The molecular weight excluding hydrogens is 360 g/mol. The van der Waals surface area contributed by atoms with Gasteiger partial charge < -0.3 is 4.74 Å². The molecule has 8 heteroatoms. The van der Waals surface area contributed by atoms with Crippen LogP contribution in [-0.4, -0.2) is 55.5 Å². The van der Waals surface area contributed by atoms with Gasteiger partial charge in [-0.2, -0.15) is 4.31 Å². The minimum atomic E-state index is -3.54. The molecule has 0 unspecified atom stereocenters. The normalized spacial score (nSPS) is 15.8. The summed E-state index contributed by atoms with van der Waals surface area (Å²) in [6, 6.07) is 12.2. The summed E-state index contributed by atoms with van der Waals surface area (Å²) in [5.74, 6) is 0.268. The Morgan fingerprint density at radius 2 is 1.84 bits per heavy atom. The number of rotatable bonds is 6. The van der Waals surface area contributed by atoms with Crippen LogP contribution in [0.1, 0.15) is 10.4 Å². The highest BCUT2D eigenvalue weighted by Crippen LogP contribution is 2.21. The molecule has 0 amide bonds. The number of pyridine rings is 1. The Kier molecular flexibility index (Phi) is 5.85. The Labute approximate surface area is 151 Å². The van der Waals surface area contributed by atoms with E-state index in [0.717, 1.165) is 0 Å². The van der Waals surface area contributed by atoms with Gasteiger partial charge in [-0.05, 0) is 12.1 Å². The molecular formula is C17H18N2O4S2. The third kappa shape index (κ3) is 4.46. The van der Waals surface area contributed by atoms with E-state index >= 15 is 0 Å². The SMILES string of the molecule is O=C(CSc1ccc(S(=O)(=O)N2CCOCC2)cn1)c1ccccc1. The Morgan fingerprint density at radius 1 is 1.12 bits per heavy atom. The van der Waals surface area contributed by atoms with Gasteiger partial charge in [-0.1, -0.05) is 42.1 Å². The van der Waals surface area contributed by atoms with Crippen LogP contribution in [0.15, 0.2) is 58.6 Å². The number of hydrogen-bond acceptors (Lipinski definition) is 6. The number of carbonyl (C=O) groups is 1. The molecule has 1 aliphatic rings. The average molecular weight is 378 g/mol. The molecule has 0 saturated carbocycles. The van der Waals surface area contributed by atoms with E-state index in [0.29, 0.717) is 36.9 Å². The molecule has 1 saturated heterocycles. The highest BCUT2D eigenvalue weighted by molar-refractivity contribution is 7.99. The van der Waals surface area contributed by atoms with Crippen molar-refractivity contribution in [3.05, 3.63) is 54.2 Å². The zero-order valence-corrected chi connectivity index (χ0v) is 15.1. The van der Waals surface area contributed by atoms with Crippen LogP contribution >= 0.6 is 11.8 Å². The van der Waals surface area contributed by atoms with Crippen molar-refractivity contribution in [2.75, 3.05) is 32.1 Å². The highest BCUT2D eigenvalue weighted by atomic mass is 32.2. The second-order valence-electron chi connectivity index (χ2n) is 5.43. The summed E-state index contributed by atoms with van der Waals surface area (Å²) in [4.78, 5) is 16.4. The van der Waals surface area contributed by atoms with Gasteiger partial charge in [-0.25, -0.2) is 13.4 Å². The summed E-state index contributed by atoms with van der Waals surface area (Å²) in [7, 11) is -3.54. The molecule has 1 fully saturated rings. The zero-order chi connectivity index (χ0) is 17.7. The Balaban J connectivity index is 1.63. The van der Waals surface area contributed by atoms with E-state index in [9.17, 15) is 13.2 Å². The van der Waals surface area contributed by atoms with Crippen LogP contribution in [0.2, 0.25) is 0 Å². The van der Waals surface area contributed by atoms with Crippen molar-refractivity contribution in [3.63, 3.8) is 0 Å². The molecule has 0 N–H and O–H groups in total. The van der Waals surface area contributed by atoms with E-state index < -0.39 is 10.0 Å². The van der Waals surface area contributed by atoms with Crippen LogP contribution in [0.25, 0.3) is 0 Å².